The van der Waals surface area contributed by atoms with Gasteiger partial charge in [-0.3, -0.25) is 0 Å². The van der Waals surface area contributed by atoms with Crippen molar-refractivity contribution in [3.05, 3.63) is 39.9 Å². The van der Waals surface area contributed by atoms with Gasteiger partial charge in [0.15, 0.2) is 5.57 Å². The number of methoxy groups -OCH3 is 1. The minimum absolute atomic E-state index is 0.0391. The number of carbonyl (C=O) groups is 1. The molecule has 4 nitrogen and oxygen atoms in total. The second kappa shape index (κ2) is 6.69. The largest absolute Gasteiger partial charge is 0.465 e. The first kappa shape index (κ1) is 14.8. The maximum Gasteiger partial charge on any atom is 0.351 e. The number of hydrogen-bond donors (Lipinski definition) is 0. The lowest BCUT2D eigenvalue weighted by molar-refractivity contribution is -0.135. The Bertz CT molecular complexity index is 595. The number of anilines is 1. The van der Waals surface area contributed by atoms with Crippen LogP contribution in [0.3, 0.4) is 0 Å². The second-order valence-corrected chi connectivity index (χ2v) is 5.64. The van der Waals surface area contributed by atoms with Crippen LogP contribution in [0.5, 0.6) is 0 Å². The summed E-state index contributed by atoms with van der Waals surface area (Å²) < 4.78 is 4.68. The maximum atomic E-state index is 11.7. The Morgan fingerprint density at radius 1 is 1.55 bits per heavy atom. The van der Waals surface area contributed by atoms with E-state index in [-0.39, 0.29) is 5.57 Å². The molecule has 1 aliphatic heterocycles. The molecule has 20 heavy (non-hydrogen) atoms. The van der Waals surface area contributed by atoms with Crippen molar-refractivity contribution < 1.29 is 9.53 Å². The molecular formula is C14H13ClN2O2S. The number of rotatable bonds is 2. The quantitative estimate of drug-likeness (QED) is 0.477. The minimum atomic E-state index is -0.607. The van der Waals surface area contributed by atoms with Gasteiger partial charge in [-0.2, -0.15) is 5.26 Å². The predicted octanol–water partition coefficient (Wildman–Crippen LogP) is 3.19. The van der Waals surface area contributed by atoms with Gasteiger partial charge in [0, 0.05) is 23.0 Å². The normalized spacial score (nSPS) is 17.4. The van der Waals surface area contributed by atoms with Gasteiger partial charge in [-0.15, -0.1) is 11.8 Å². The molecule has 1 aromatic rings. The Morgan fingerprint density at radius 3 is 3.00 bits per heavy atom. The number of carbonyl (C=O) groups excluding carboxylic acids is 1. The molecular weight excluding hydrogens is 296 g/mol. The molecule has 1 aliphatic rings. The number of nitriles is 1. The molecule has 0 amide bonds. The van der Waals surface area contributed by atoms with E-state index >= 15 is 0 Å². The van der Waals surface area contributed by atoms with E-state index in [0.29, 0.717) is 10.1 Å². The Hall–Kier alpha value is -1.64. The summed E-state index contributed by atoms with van der Waals surface area (Å²) in [5, 5.41) is 10.5. The zero-order valence-corrected chi connectivity index (χ0v) is 12.5. The van der Waals surface area contributed by atoms with Gasteiger partial charge >= 0.3 is 5.97 Å². The van der Waals surface area contributed by atoms with Gasteiger partial charge in [0.1, 0.15) is 11.1 Å². The van der Waals surface area contributed by atoms with Crippen LogP contribution in [0.25, 0.3) is 0 Å². The third kappa shape index (κ3) is 3.09. The van der Waals surface area contributed by atoms with Crippen LogP contribution in [0.4, 0.5) is 5.69 Å². The molecule has 0 aliphatic carbocycles. The summed E-state index contributed by atoms with van der Waals surface area (Å²) in [5.41, 5.74) is 0.911. The van der Waals surface area contributed by atoms with Gasteiger partial charge in [-0.05, 0) is 24.6 Å². The van der Waals surface area contributed by atoms with E-state index in [4.69, 9.17) is 11.6 Å². The lowest BCUT2D eigenvalue weighted by Crippen LogP contribution is -2.29. The summed E-state index contributed by atoms with van der Waals surface area (Å²) in [7, 11) is 1.28. The molecule has 1 aromatic carbocycles. The monoisotopic (exact) mass is 308 g/mol. The average Bonchev–Trinajstić information content (AvgIpc) is 2.48. The zero-order valence-electron chi connectivity index (χ0n) is 10.9. The first-order chi connectivity index (χ1) is 9.67. The molecule has 0 atom stereocenters. The van der Waals surface area contributed by atoms with E-state index in [2.05, 4.69) is 4.74 Å². The van der Waals surface area contributed by atoms with Crippen molar-refractivity contribution >= 4 is 35.0 Å². The average molecular weight is 309 g/mol. The number of thioether (sulfide) groups is 1. The summed E-state index contributed by atoms with van der Waals surface area (Å²) in [5.74, 6) is 0.262. The third-order valence-corrected chi connectivity index (χ3v) is 4.27. The Balaban J connectivity index is 2.47. The number of benzene rings is 1. The predicted molar refractivity (Wildman–Crippen MR) is 80.5 cm³/mol. The summed E-state index contributed by atoms with van der Waals surface area (Å²) in [6.07, 6.45) is 0.973. The van der Waals surface area contributed by atoms with Gasteiger partial charge in [-0.25, -0.2) is 4.79 Å². The standard InChI is InChI=1S/C14H13ClN2O2S/c1-19-14(18)12(9-16)13-17(6-3-7-20-13)11-5-2-4-10(15)8-11/h2,4-5,8H,3,6-7H2,1H3/b13-12-. The topological polar surface area (TPSA) is 53.3 Å². The van der Waals surface area contributed by atoms with Crippen LogP contribution in [-0.4, -0.2) is 25.4 Å². The number of hydrogen-bond acceptors (Lipinski definition) is 5. The third-order valence-electron chi connectivity index (χ3n) is 2.85. The maximum absolute atomic E-state index is 11.7. The van der Waals surface area contributed by atoms with Crippen LogP contribution >= 0.6 is 23.4 Å². The van der Waals surface area contributed by atoms with Gasteiger partial charge in [-0.1, -0.05) is 17.7 Å². The fraction of sp³-hybridized carbons (Fsp3) is 0.286. The Kier molecular flexibility index (Phi) is 4.94. The molecule has 0 aromatic heterocycles. The number of halogens is 1. The van der Waals surface area contributed by atoms with Crippen LogP contribution in [0.15, 0.2) is 34.9 Å². The first-order valence-corrected chi connectivity index (χ1v) is 7.42. The van der Waals surface area contributed by atoms with E-state index in [0.717, 1.165) is 24.4 Å². The van der Waals surface area contributed by atoms with Crippen molar-refractivity contribution in [1.29, 1.82) is 5.26 Å². The van der Waals surface area contributed by atoms with Crippen molar-refractivity contribution in [3.8, 4) is 6.07 Å². The zero-order chi connectivity index (χ0) is 14.5. The molecule has 1 heterocycles. The highest BCUT2D eigenvalue weighted by Crippen LogP contribution is 2.35. The highest BCUT2D eigenvalue weighted by Gasteiger charge is 2.25. The molecule has 0 N–H and O–H groups in total. The molecule has 2 rings (SSSR count). The Labute approximate surface area is 127 Å². The van der Waals surface area contributed by atoms with Crippen LogP contribution in [0.2, 0.25) is 5.02 Å². The highest BCUT2D eigenvalue weighted by atomic mass is 35.5. The molecule has 0 saturated carbocycles. The van der Waals surface area contributed by atoms with Crippen LogP contribution in [0.1, 0.15) is 6.42 Å². The van der Waals surface area contributed by atoms with E-state index in [1.54, 1.807) is 6.07 Å². The summed E-state index contributed by atoms with van der Waals surface area (Å²) in [6.45, 7) is 0.741. The molecule has 1 saturated heterocycles. The first-order valence-electron chi connectivity index (χ1n) is 6.06. The van der Waals surface area contributed by atoms with Crippen LogP contribution < -0.4 is 4.90 Å². The molecule has 0 radical (unpaired) electrons. The van der Waals surface area contributed by atoms with Crippen molar-refractivity contribution in [2.75, 3.05) is 24.3 Å². The Morgan fingerprint density at radius 2 is 2.35 bits per heavy atom. The van der Waals surface area contributed by atoms with Gasteiger partial charge in [0.2, 0.25) is 0 Å². The molecule has 0 spiro atoms. The SMILES string of the molecule is COC(=O)/C(C#N)=C1\SCCCN1c1cccc(Cl)c1. The van der Waals surface area contributed by atoms with Crippen molar-refractivity contribution in [2.45, 2.75) is 6.42 Å². The number of ether oxygens (including phenoxy) is 1. The second-order valence-electron chi connectivity index (χ2n) is 4.12. The summed E-state index contributed by atoms with van der Waals surface area (Å²) in [6, 6.07) is 9.31. The van der Waals surface area contributed by atoms with Gasteiger partial charge < -0.3 is 9.64 Å². The number of nitrogens with zero attached hydrogens (tertiary/aromatic N) is 2. The van der Waals surface area contributed by atoms with Crippen LogP contribution in [-0.2, 0) is 9.53 Å². The fourth-order valence-electron chi connectivity index (χ4n) is 1.95. The molecule has 1 fully saturated rings. The number of esters is 1. The highest BCUT2D eigenvalue weighted by molar-refractivity contribution is 8.03. The fourth-order valence-corrected chi connectivity index (χ4v) is 3.23. The van der Waals surface area contributed by atoms with Crippen molar-refractivity contribution in [2.24, 2.45) is 0 Å². The summed E-state index contributed by atoms with van der Waals surface area (Å²) >= 11 is 7.50. The van der Waals surface area contributed by atoms with E-state index in [1.807, 2.05) is 29.2 Å². The minimum Gasteiger partial charge on any atom is -0.465 e. The van der Waals surface area contributed by atoms with Gasteiger partial charge in [0.05, 0.1) is 7.11 Å². The smallest absolute Gasteiger partial charge is 0.351 e. The van der Waals surface area contributed by atoms with E-state index < -0.39 is 5.97 Å². The molecule has 0 unspecified atom stereocenters. The summed E-state index contributed by atoms with van der Waals surface area (Å²) in [4.78, 5) is 13.7. The molecule has 0 bridgehead atoms. The molecule has 6 heteroatoms. The van der Waals surface area contributed by atoms with E-state index in [9.17, 15) is 10.1 Å². The van der Waals surface area contributed by atoms with Crippen molar-refractivity contribution in [1.82, 2.24) is 0 Å². The van der Waals surface area contributed by atoms with E-state index in [1.165, 1.54) is 18.9 Å². The van der Waals surface area contributed by atoms with Crippen molar-refractivity contribution in [3.63, 3.8) is 0 Å². The van der Waals surface area contributed by atoms with Crippen LogP contribution in [0, 0.1) is 11.3 Å². The van der Waals surface area contributed by atoms with Gasteiger partial charge in [0.25, 0.3) is 0 Å². The lowest BCUT2D eigenvalue weighted by Gasteiger charge is -2.31. The molecule has 104 valence electrons. The lowest BCUT2D eigenvalue weighted by atomic mass is 10.2.